The summed E-state index contributed by atoms with van der Waals surface area (Å²) in [6.07, 6.45) is 3.48. The van der Waals surface area contributed by atoms with Crippen molar-refractivity contribution in [1.29, 1.82) is 0 Å². The Balaban J connectivity index is 1.29. The zero-order chi connectivity index (χ0) is 30.1. The highest BCUT2D eigenvalue weighted by Crippen LogP contribution is 2.28. The second-order valence-corrected chi connectivity index (χ2v) is 10.7. The van der Waals surface area contributed by atoms with Gasteiger partial charge in [0.1, 0.15) is 0 Å². The predicted molar refractivity (Wildman–Crippen MR) is 166 cm³/mol. The number of benzene rings is 3. The average Bonchev–Trinajstić information content (AvgIpc) is 3.41. The molecule has 1 fully saturated rings. The summed E-state index contributed by atoms with van der Waals surface area (Å²) in [7, 11) is 1.67. The van der Waals surface area contributed by atoms with E-state index in [2.05, 4.69) is 15.3 Å². The first kappa shape index (κ1) is 27.9. The van der Waals surface area contributed by atoms with E-state index in [4.69, 9.17) is 4.74 Å². The Morgan fingerprint density at radius 2 is 1.65 bits per heavy atom. The zero-order valence-corrected chi connectivity index (χ0v) is 24.3. The number of nitrogens with one attached hydrogen (secondary N) is 2. The molecule has 0 radical (unpaired) electrons. The molecule has 10 nitrogen and oxygen atoms in total. The molecule has 0 unspecified atom stereocenters. The SMILES string of the molecule is Cc1ccc(-c2cn(-c3cccc(-c4cn(C)c(=O)c(Nc5ccc(C(=O)N6CCOCC6)cc5)n4)c3C)c(=O)[nH]2)cc1. The van der Waals surface area contributed by atoms with E-state index in [1.165, 1.54) is 4.57 Å². The molecular formula is C33H32N6O4. The summed E-state index contributed by atoms with van der Waals surface area (Å²) >= 11 is 0. The number of aromatic amines is 1. The maximum Gasteiger partial charge on any atom is 0.330 e. The molecule has 0 spiro atoms. The van der Waals surface area contributed by atoms with Crippen molar-refractivity contribution in [1.82, 2.24) is 24.0 Å². The molecule has 1 saturated heterocycles. The minimum Gasteiger partial charge on any atom is -0.378 e. The van der Waals surface area contributed by atoms with E-state index in [0.29, 0.717) is 48.9 Å². The van der Waals surface area contributed by atoms with Gasteiger partial charge < -0.3 is 24.5 Å². The Bertz CT molecular complexity index is 1910. The molecule has 0 bridgehead atoms. The number of imidazole rings is 1. The first-order chi connectivity index (χ1) is 20.8. The van der Waals surface area contributed by atoms with Gasteiger partial charge in [0.05, 0.1) is 30.3 Å². The summed E-state index contributed by atoms with van der Waals surface area (Å²) < 4.78 is 8.41. The van der Waals surface area contributed by atoms with Crippen molar-refractivity contribution >= 4 is 17.4 Å². The smallest absolute Gasteiger partial charge is 0.330 e. The van der Waals surface area contributed by atoms with Crippen LogP contribution in [-0.2, 0) is 11.8 Å². The molecule has 6 rings (SSSR count). The van der Waals surface area contributed by atoms with Crippen molar-refractivity contribution in [3.63, 3.8) is 0 Å². The van der Waals surface area contributed by atoms with Crippen LogP contribution in [0, 0.1) is 13.8 Å². The fourth-order valence-corrected chi connectivity index (χ4v) is 5.22. The van der Waals surface area contributed by atoms with Crippen molar-refractivity contribution in [3.8, 4) is 28.2 Å². The Hall–Kier alpha value is -5.22. The van der Waals surface area contributed by atoms with Crippen molar-refractivity contribution in [2.24, 2.45) is 7.05 Å². The minimum absolute atomic E-state index is 0.0474. The molecule has 1 aliphatic rings. The third-order valence-electron chi connectivity index (χ3n) is 7.69. The molecular weight excluding hydrogens is 544 g/mol. The Morgan fingerprint density at radius 1 is 0.930 bits per heavy atom. The standard InChI is InChI=1S/C33H32N6O4/c1-21-7-9-23(10-8-21)27-20-39(33(42)36-27)29-6-4-5-26(22(29)2)28-19-37(3)32(41)30(35-28)34-25-13-11-24(12-14-25)31(40)38-15-17-43-18-16-38/h4-14,19-20H,15-18H2,1-3H3,(H,34,35)(H,36,42). The molecule has 1 amide bonds. The number of aryl methyl sites for hydroxylation is 2. The summed E-state index contributed by atoms with van der Waals surface area (Å²) in [6.45, 7) is 6.16. The van der Waals surface area contributed by atoms with Gasteiger partial charge in [-0.1, -0.05) is 42.0 Å². The summed E-state index contributed by atoms with van der Waals surface area (Å²) in [4.78, 5) is 48.2. The Kier molecular flexibility index (Phi) is 7.52. The minimum atomic E-state index is -0.296. The van der Waals surface area contributed by atoms with Gasteiger partial charge in [-0.2, -0.15) is 0 Å². The molecule has 2 N–H and O–H groups in total. The number of carbonyl (C=O) groups is 1. The number of morpholine rings is 1. The number of rotatable bonds is 6. The van der Waals surface area contributed by atoms with E-state index in [1.807, 2.05) is 56.3 Å². The molecule has 43 heavy (non-hydrogen) atoms. The molecule has 0 saturated carbocycles. The first-order valence-corrected chi connectivity index (χ1v) is 14.1. The van der Waals surface area contributed by atoms with Gasteiger partial charge in [-0.25, -0.2) is 9.78 Å². The molecule has 3 heterocycles. The fourth-order valence-electron chi connectivity index (χ4n) is 5.22. The third kappa shape index (κ3) is 5.64. The Morgan fingerprint density at radius 3 is 2.37 bits per heavy atom. The number of anilines is 2. The highest BCUT2D eigenvalue weighted by atomic mass is 16.5. The summed E-state index contributed by atoms with van der Waals surface area (Å²) in [5.74, 6) is 0.103. The first-order valence-electron chi connectivity index (χ1n) is 14.1. The van der Waals surface area contributed by atoms with Crippen molar-refractivity contribution in [3.05, 3.63) is 117 Å². The van der Waals surface area contributed by atoms with Gasteiger partial charge in [-0.3, -0.25) is 14.2 Å². The fraction of sp³-hybridized carbons (Fsp3) is 0.212. The van der Waals surface area contributed by atoms with Crippen molar-refractivity contribution in [2.45, 2.75) is 13.8 Å². The average molecular weight is 577 g/mol. The maximum absolute atomic E-state index is 13.0. The van der Waals surface area contributed by atoms with Gasteiger partial charge in [0.15, 0.2) is 5.82 Å². The van der Waals surface area contributed by atoms with Gasteiger partial charge in [-0.15, -0.1) is 0 Å². The topological polar surface area (TPSA) is 114 Å². The van der Waals surface area contributed by atoms with Crippen LogP contribution in [0.5, 0.6) is 0 Å². The van der Waals surface area contributed by atoms with E-state index in [-0.39, 0.29) is 23.0 Å². The van der Waals surface area contributed by atoms with Gasteiger partial charge >= 0.3 is 5.69 Å². The van der Waals surface area contributed by atoms with Crippen LogP contribution >= 0.6 is 0 Å². The lowest BCUT2D eigenvalue weighted by Crippen LogP contribution is -2.40. The largest absolute Gasteiger partial charge is 0.378 e. The zero-order valence-electron chi connectivity index (χ0n) is 24.3. The van der Waals surface area contributed by atoms with Crippen LogP contribution in [0.2, 0.25) is 0 Å². The lowest BCUT2D eigenvalue weighted by Gasteiger charge is -2.26. The molecule has 0 atom stereocenters. The van der Waals surface area contributed by atoms with Crippen molar-refractivity contribution < 1.29 is 9.53 Å². The highest BCUT2D eigenvalue weighted by Gasteiger charge is 2.19. The van der Waals surface area contributed by atoms with Gasteiger partial charge in [0.2, 0.25) is 0 Å². The monoisotopic (exact) mass is 576 g/mol. The lowest BCUT2D eigenvalue weighted by molar-refractivity contribution is 0.0303. The predicted octanol–water partition coefficient (Wildman–Crippen LogP) is 4.43. The number of amides is 1. The Labute approximate surface area is 248 Å². The number of H-pyrrole nitrogens is 1. The normalized spacial score (nSPS) is 13.2. The van der Waals surface area contributed by atoms with Gasteiger partial charge in [0.25, 0.3) is 11.5 Å². The molecule has 3 aromatic carbocycles. The van der Waals surface area contributed by atoms with Gasteiger partial charge in [-0.05, 0) is 55.3 Å². The third-order valence-corrected chi connectivity index (χ3v) is 7.69. The van der Waals surface area contributed by atoms with E-state index in [0.717, 1.165) is 27.9 Å². The lowest BCUT2D eigenvalue weighted by atomic mass is 10.0. The van der Waals surface area contributed by atoms with E-state index in [9.17, 15) is 14.4 Å². The van der Waals surface area contributed by atoms with Crippen molar-refractivity contribution in [2.75, 3.05) is 31.6 Å². The molecule has 2 aromatic heterocycles. The van der Waals surface area contributed by atoms with Gasteiger partial charge in [0, 0.05) is 49.3 Å². The number of hydrogen-bond donors (Lipinski definition) is 2. The number of ether oxygens (including phenoxy) is 1. The van der Waals surface area contributed by atoms with Crippen LogP contribution in [0.15, 0.2) is 88.7 Å². The quantitative estimate of drug-likeness (QED) is 0.309. The molecule has 0 aliphatic carbocycles. The number of nitrogens with zero attached hydrogens (tertiary/aromatic N) is 4. The van der Waals surface area contributed by atoms with Crippen LogP contribution in [0.1, 0.15) is 21.5 Å². The van der Waals surface area contributed by atoms with E-state index < -0.39 is 0 Å². The summed E-state index contributed by atoms with van der Waals surface area (Å²) in [5, 5.41) is 3.12. The molecule has 5 aromatic rings. The van der Waals surface area contributed by atoms with Crippen LogP contribution in [-0.4, -0.2) is 56.2 Å². The molecule has 1 aliphatic heterocycles. The van der Waals surface area contributed by atoms with Crippen LogP contribution in [0.3, 0.4) is 0 Å². The second kappa shape index (κ2) is 11.6. The molecule has 218 valence electrons. The van der Waals surface area contributed by atoms with E-state index in [1.54, 1.807) is 53.2 Å². The maximum atomic E-state index is 13.0. The van der Waals surface area contributed by atoms with Crippen LogP contribution in [0.4, 0.5) is 11.5 Å². The van der Waals surface area contributed by atoms with Crippen LogP contribution < -0.4 is 16.6 Å². The number of hydrogen-bond acceptors (Lipinski definition) is 6. The second-order valence-electron chi connectivity index (χ2n) is 10.7. The number of aromatic nitrogens is 4. The summed E-state index contributed by atoms with van der Waals surface area (Å²) in [6, 6.07) is 20.6. The molecule has 10 heteroatoms. The van der Waals surface area contributed by atoms with E-state index >= 15 is 0 Å². The van der Waals surface area contributed by atoms with Crippen LogP contribution in [0.25, 0.3) is 28.2 Å². The summed E-state index contributed by atoms with van der Waals surface area (Å²) in [5.41, 5.74) is 6.35. The number of carbonyl (C=O) groups excluding carboxylic acids is 1. The highest BCUT2D eigenvalue weighted by molar-refractivity contribution is 5.94.